The van der Waals surface area contributed by atoms with Crippen LogP contribution in [0.3, 0.4) is 0 Å². The van der Waals surface area contributed by atoms with Crippen LogP contribution in [0.1, 0.15) is 26.2 Å². The molecule has 1 rings (SSSR count). The third kappa shape index (κ3) is 7.81. The number of hydrogen-bond donors (Lipinski definition) is 3. The molecule has 0 saturated heterocycles. The number of hydrogen-bond acceptors (Lipinski definition) is 2. The number of para-hydroxylation sites is 1. The number of carbonyl (C=O) groups is 2. The van der Waals surface area contributed by atoms with E-state index in [1.54, 1.807) is 0 Å². The molecule has 0 saturated carbocycles. The molecule has 0 aliphatic heterocycles. The Morgan fingerprint density at radius 3 is 2.21 bits per heavy atom. The normalized spacial score (nSPS) is 9.74. The van der Waals surface area contributed by atoms with Gasteiger partial charge in [-0.1, -0.05) is 18.2 Å². The molecule has 3 amide bonds. The first-order chi connectivity index (χ1) is 9.18. The largest absolute Gasteiger partial charge is 0.356 e. The maximum atomic E-state index is 11.5. The topological polar surface area (TPSA) is 70.2 Å². The van der Waals surface area contributed by atoms with E-state index in [0.29, 0.717) is 13.1 Å². The van der Waals surface area contributed by atoms with Crippen molar-refractivity contribution in [2.45, 2.75) is 26.2 Å². The molecule has 0 radical (unpaired) electrons. The summed E-state index contributed by atoms with van der Waals surface area (Å²) < 4.78 is 0. The molecule has 104 valence electrons. The number of benzene rings is 1. The number of carbonyl (C=O) groups excluding carboxylic acids is 2. The van der Waals surface area contributed by atoms with Gasteiger partial charge in [-0.3, -0.25) is 4.79 Å². The van der Waals surface area contributed by atoms with E-state index in [2.05, 4.69) is 16.0 Å². The van der Waals surface area contributed by atoms with Gasteiger partial charge >= 0.3 is 6.03 Å². The van der Waals surface area contributed by atoms with E-state index in [1.807, 2.05) is 30.3 Å². The lowest BCUT2D eigenvalue weighted by Crippen LogP contribution is -2.29. The maximum Gasteiger partial charge on any atom is 0.319 e. The highest BCUT2D eigenvalue weighted by molar-refractivity contribution is 5.89. The van der Waals surface area contributed by atoms with Crippen molar-refractivity contribution in [3.63, 3.8) is 0 Å². The molecule has 0 fully saturated rings. The van der Waals surface area contributed by atoms with Crippen LogP contribution in [0.15, 0.2) is 30.3 Å². The first-order valence-corrected chi connectivity index (χ1v) is 6.53. The zero-order valence-electron chi connectivity index (χ0n) is 11.2. The zero-order chi connectivity index (χ0) is 13.9. The minimum absolute atomic E-state index is 0.000337. The Morgan fingerprint density at radius 1 is 0.947 bits per heavy atom. The second-order valence-electron chi connectivity index (χ2n) is 4.29. The number of nitrogens with one attached hydrogen (secondary N) is 3. The van der Waals surface area contributed by atoms with Crippen LogP contribution < -0.4 is 16.0 Å². The van der Waals surface area contributed by atoms with Gasteiger partial charge in [-0.05, 0) is 31.4 Å². The van der Waals surface area contributed by atoms with Crippen molar-refractivity contribution < 1.29 is 9.59 Å². The Labute approximate surface area is 113 Å². The quantitative estimate of drug-likeness (QED) is 0.659. The molecule has 5 heteroatoms. The van der Waals surface area contributed by atoms with Crippen LogP contribution in [0.25, 0.3) is 0 Å². The summed E-state index contributed by atoms with van der Waals surface area (Å²) in [6, 6.07) is 9.14. The van der Waals surface area contributed by atoms with Crippen LogP contribution in [0.4, 0.5) is 10.5 Å². The smallest absolute Gasteiger partial charge is 0.319 e. The van der Waals surface area contributed by atoms with E-state index in [0.717, 1.165) is 24.9 Å². The molecule has 19 heavy (non-hydrogen) atoms. The van der Waals surface area contributed by atoms with Crippen molar-refractivity contribution in [3.05, 3.63) is 30.3 Å². The molecule has 0 heterocycles. The van der Waals surface area contributed by atoms with Crippen molar-refractivity contribution in [2.24, 2.45) is 0 Å². The van der Waals surface area contributed by atoms with Crippen LogP contribution in [0, 0.1) is 0 Å². The number of urea groups is 1. The lowest BCUT2D eigenvalue weighted by atomic mass is 10.2. The lowest BCUT2D eigenvalue weighted by Gasteiger charge is -2.07. The molecule has 1 aromatic carbocycles. The minimum atomic E-state index is -0.187. The average Bonchev–Trinajstić information content (AvgIpc) is 2.38. The first-order valence-electron chi connectivity index (χ1n) is 6.53. The summed E-state index contributed by atoms with van der Waals surface area (Å²) in [4.78, 5) is 22.1. The fourth-order valence-electron chi connectivity index (χ4n) is 1.59. The van der Waals surface area contributed by atoms with Gasteiger partial charge in [0, 0.05) is 25.7 Å². The van der Waals surface area contributed by atoms with Crippen molar-refractivity contribution >= 4 is 17.6 Å². The van der Waals surface area contributed by atoms with E-state index in [4.69, 9.17) is 0 Å². The minimum Gasteiger partial charge on any atom is -0.356 e. The molecule has 3 N–H and O–H groups in total. The SMILES string of the molecule is CC(=O)NCCCCCNC(=O)Nc1ccccc1. The molecule has 0 bridgehead atoms. The summed E-state index contributed by atoms with van der Waals surface area (Å²) in [5.74, 6) is 0.000337. The van der Waals surface area contributed by atoms with Crippen molar-refractivity contribution in [3.8, 4) is 0 Å². The van der Waals surface area contributed by atoms with Gasteiger partial charge in [-0.15, -0.1) is 0 Å². The Morgan fingerprint density at radius 2 is 1.58 bits per heavy atom. The molecule has 0 aromatic heterocycles. The summed E-state index contributed by atoms with van der Waals surface area (Å²) in [6.45, 7) is 2.85. The zero-order valence-corrected chi connectivity index (χ0v) is 11.2. The van der Waals surface area contributed by atoms with E-state index >= 15 is 0 Å². The van der Waals surface area contributed by atoms with Gasteiger partial charge in [0.2, 0.25) is 5.91 Å². The molecular formula is C14H21N3O2. The number of amides is 3. The van der Waals surface area contributed by atoms with Gasteiger partial charge in [-0.2, -0.15) is 0 Å². The predicted molar refractivity (Wildman–Crippen MR) is 76.0 cm³/mol. The van der Waals surface area contributed by atoms with E-state index in [-0.39, 0.29) is 11.9 Å². The fourth-order valence-corrected chi connectivity index (χ4v) is 1.59. The third-order valence-electron chi connectivity index (χ3n) is 2.54. The Balaban J connectivity index is 2.00. The number of anilines is 1. The monoisotopic (exact) mass is 263 g/mol. The Bertz CT molecular complexity index is 393. The van der Waals surface area contributed by atoms with Gasteiger partial charge in [0.1, 0.15) is 0 Å². The lowest BCUT2D eigenvalue weighted by molar-refractivity contribution is -0.118. The summed E-state index contributed by atoms with van der Waals surface area (Å²) in [5.41, 5.74) is 0.783. The number of rotatable bonds is 7. The van der Waals surface area contributed by atoms with Gasteiger partial charge in [0.25, 0.3) is 0 Å². The van der Waals surface area contributed by atoms with Gasteiger partial charge < -0.3 is 16.0 Å². The summed E-state index contributed by atoms with van der Waals surface area (Å²) in [5, 5.41) is 8.28. The van der Waals surface area contributed by atoms with Crippen molar-refractivity contribution in [1.82, 2.24) is 10.6 Å². The van der Waals surface area contributed by atoms with Crippen LogP contribution in [0.5, 0.6) is 0 Å². The average molecular weight is 263 g/mol. The number of unbranched alkanes of at least 4 members (excludes halogenated alkanes) is 2. The predicted octanol–water partition coefficient (Wildman–Crippen LogP) is 2.11. The highest BCUT2D eigenvalue weighted by atomic mass is 16.2. The van der Waals surface area contributed by atoms with Crippen molar-refractivity contribution in [2.75, 3.05) is 18.4 Å². The summed E-state index contributed by atoms with van der Waals surface area (Å²) >= 11 is 0. The molecule has 0 unspecified atom stereocenters. The standard InChI is InChI=1S/C14H21N3O2/c1-12(18)15-10-6-3-7-11-16-14(19)17-13-8-4-2-5-9-13/h2,4-5,8-9H,3,6-7,10-11H2,1H3,(H,15,18)(H2,16,17,19). The molecular weight excluding hydrogens is 242 g/mol. The molecule has 0 spiro atoms. The third-order valence-corrected chi connectivity index (χ3v) is 2.54. The van der Waals surface area contributed by atoms with Crippen LogP contribution in [0.2, 0.25) is 0 Å². The highest BCUT2D eigenvalue weighted by Gasteiger charge is 1.99. The van der Waals surface area contributed by atoms with Gasteiger partial charge in [0.15, 0.2) is 0 Å². The van der Waals surface area contributed by atoms with Gasteiger partial charge in [0.05, 0.1) is 0 Å². The fraction of sp³-hybridized carbons (Fsp3) is 0.429. The van der Waals surface area contributed by atoms with Crippen LogP contribution in [-0.2, 0) is 4.79 Å². The highest BCUT2D eigenvalue weighted by Crippen LogP contribution is 2.04. The first kappa shape index (κ1) is 15.0. The molecule has 5 nitrogen and oxygen atoms in total. The van der Waals surface area contributed by atoms with E-state index < -0.39 is 0 Å². The van der Waals surface area contributed by atoms with Gasteiger partial charge in [-0.25, -0.2) is 4.79 Å². The summed E-state index contributed by atoms with van der Waals surface area (Å²) in [6.07, 6.45) is 2.81. The Kier molecular flexibility index (Phi) is 7.09. The summed E-state index contributed by atoms with van der Waals surface area (Å²) in [7, 11) is 0. The molecule has 0 aliphatic rings. The second kappa shape index (κ2) is 8.97. The van der Waals surface area contributed by atoms with Crippen LogP contribution in [-0.4, -0.2) is 25.0 Å². The molecule has 0 aliphatic carbocycles. The van der Waals surface area contributed by atoms with E-state index in [9.17, 15) is 9.59 Å². The second-order valence-corrected chi connectivity index (χ2v) is 4.29. The van der Waals surface area contributed by atoms with Crippen molar-refractivity contribution in [1.29, 1.82) is 0 Å². The Hall–Kier alpha value is -2.04. The maximum absolute atomic E-state index is 11.5. The van der Waals surface area contributed by atoms with E-state index in [1.165, 1.54) is 6.92 Å². The molecule has 1 aromatic rings. The van der Waals surface area contributed by atoms with Crippen LogP contribution >= 0.6 is 0 Å². The molecule has 0 atom stereocenters.